The van der Waals surface area contributed by atoms with Crippen LogP contribution >= 0.6 is 0 Å². The van der Waals surface area contributed by atoms with Crippen LogP contribution in [-0.4, -0.2) is 5.97 Å². The lowest BCUT2D eigenvalue weighted by atomic mass is 9.89. The molecule has 2 aliphatic rings. The maximum absolute atomic E-state index is 12.5. The molecular formula is C22H34O2. The van der Waals surface area contributed by atoms with Crippen LogP contribution in [0.1, 0.15) is 84.1 Å². The van der Waals surface area contributed by atoms with E-state index in [9.17, 15) is 4.79 Å². The number of carbonyl (C=O) groups excluding carboxylic acids is 1. The number of rotatable bonds is 6. The zero-order valence-electron chi connectivity index (χ0n) is 15.9. The first-order valence-electron chi connectivity index (χ1n) is 10.0. The fourth-order valence-electron chi connectivity index (χ4n) is 4.51. The predicted molar refractivity (Wildman–Crippen MR) is 100 cm³/mol. The largest absolute Gasteiger partial charge is 0.426 e. The third-order valence-corrected chi connectivity index (χ3v) is 5.72. The number of hydrogen-bond acceptors (Lipinski definition) is 2. The van der Waals surface area contributed by atoms with E-state index in [1.54, 1.807) is 0 Å². The maximum atomic E-state index is 12.5. The number of hydrogen-bond donors (Lipinski definition) is 0. The highest BCUT2D eigenvalue weighted by atomic mass is 16.5. The van der Waals surface area contributed by atoms with Gasteiger partial charge in [0.25, 0.3) is 0 Å². The minimum Gasteiger partial charge on any atom is -0.426 e. The molecule has 2 aliphatic carbocycles. The van der Waals surface area contributed by atoms with Crippen LogP contribution in [0, 0.1) is 17.8 Å². The maximum Gasteiger partial charge on any atom is 0.314 e. The van der Waals surface area contributed by atoms with Crippen molar-refractivity contribution in [1.29, 1.82) is 0 Å². The molecular weight excluding hydrogens is 296 g/mol. The molecule has 134 valence electrons. The molecule has 0 amide bonds. The van der Waals surface area contributed by atoms with E-state index in [1.165, 1.54) is 37.7 Å². The van der Waals surface area contributed by atoms with Crippen LogP contribution in [0.25, 0.3) is 0 Å². The van der Waals surface area contributed by atoms with Crippen LogP contribution in [0.5, 0.6) is 5.75 Å². The van der Waals surface area contributed by atoms with Gasteiger partial charge in [-0.2, -0.15) is 0 Å². The van der Waals surface area contributed by atoms with Crippen molar-refractivity contribution in [3.05, 3.63) is 29.8 Å². The summed E-state index contributed by atoms with van der Waals surface area (Å²) in [4.78, 5) is 12.5. The average molecular weight is 331 g/mol. The second kappa shape index (κ2) is 9.25. The Bertz CT molecular complexity index is 522. The highest BCUT2D eigenvalue weighted by Crippen LogP contribution is 2.48. The van der Waals surface area contributed by atoms with Crippen LogP contribution in [0.15, 0.2) is 24.3 Å². The summed E-state index contributed by atoms with van der Waals surface area (Å²) in [7, 11) is 0. The molecule has 3 rings (SSSR count). The molecule has 0 aliphatic heterocycles. The molecule has 0 spiro atoms. The normalized spacial score (nSPS) is 25.8. The molecule has 0 radical (unpaired) electrons. The van der Waals surface area contributed by atoms with Crippen molar-refractivity contribution < 1.29 is 9.53 Å². The molecule has 2 nitrogen and oxygen atoms in total. The lowest BCUT2D eigenvalue weighted by Crippen LogP contribution is -2.25. The van der Waals surface area contributed by atoms with Gasteiger partial charge >= 0.3 is 5.97 Å². The molecule has 24 heavy (non-hydrogen) atoms. The second-order valence-electron chi connectivity index (χ2n) is 7.17. The van der Waals surface area contributed by atoms with Crippen molar-refractivity contribution in [3.63, 3.8) is 0 Å². The summed E-state index contributed by atoms with van der Waals surface area (Å²) in [5, 5.41) is 0. The van der Waals surface area contributed by atoms with Crippen molar-refractivity contribution in [2.45, 2.75) is 78.6 Å². The molecule has 0 aromatic heterocycles. The third kappa shape index (κ3) is 4.40. The Morgan fingerprint density at radius 2 is 2.00 bits per heavy atom. The first kappa shape index (κ1) is 19.0. The summed E-state index contributed by atoms with van der Waals surface area (Å²) in [6, 6.07) is 8.19. The summed E-state index contributed by atoms with van der Waals surface area (Å²) in [6.45, 7) is 8.45. The molecule has 0 saturated heterocycles. The van der Waals surface area contributed by atoms with Crippen molar-refractivity contribution >= 4 is 5.97 Å². The molecule has 1 aromatic rings. The standard InChI is InChI=1S/C20H28O2.C2H6/c1-3-6-15(4-2)16-7-5-8-18(13-16)22-20(21)19-12-14-9-10-17(19)11-14;1-2/h5,7-8,13-15,17,19H,3-4,6,9-12H2,1-2H3;1-2H3. The van der Waals surface area contributed by atoms with Crippen LogP contribution < -0.4 is 4.74 Å². The summed E-state index contributed by atoms with van der Waals surface area (Å²) in [5.41, 5.74) is 1.31. The van der Waals surface area contributed by atoms with Gasteiger partial charge in [-0.25, -0.2) is 0 Å². The minimum absolute atomic E-state index is 0.00731. The SMILES string of the molecule is CC.CCCC(CC)c1cccc(OC(=O)C2CC3CCC2C3)c1. The Morgan fingerprint density at radius 1 is 1.21 bits per heavy atom. The van der Waals surface area contributed by atoms with E-state index in [1.807, 2.05) is 26.0 Å². The average Bonchev–Trinajstić information content (AvgIpc) is 3.25. The Morgan fingerprint density at radius 3 is 2.58 bits per heavy atom. The van der Waals surface area contributed by atoms with E-state index in [4.69, 9.17) is 4.74 Å². The molecule has 2 bridgehead atoms. The van der Waals surface area contributed by atoms with Gasteiger partial charge in [-0.15, -0.1) is 0 Å². The smallest absolute Gasteiger partial charge is 0.314 e. The summed E-state index contributed by atoms with van der Waals surface area (Å²) >= 11 is 0. The summed E-state index contributed by atoms with van der Waals surface area (Å²) in [6.07, 6.45) is 8.36. The van der Waals surface area contributed by atoms with Gasteiger partial charge in [-0.05, 0) is 67.6 Å². The van der Waals surface area contributed by atoms with E-state index in [2.05, 4.69) is 26.0 Å². The Labute approximate surface area is 148 Å². The first-order chi connectivity index (χ1) is 11.7. The monoisotopic (exact) mass is 330 g/mol. The van der Waals surface area contributed by atoms with Crippen molar-refractivity contribution in [3.8, 4) is 5.75 Å². The van der Waals surface area contributed by atoms with Gasteiger partial charge < -0.3 is 4.74 Å². The van der Waals surface area contributed by atoms with Gasteiger partial charge in [0, 0.05) is 0 Å². The first-order valence-corrected chi connectivity index (χ1v) is 10.0. The fourth-order valence-corrected chi connectivity index (χ4v) is 4.51. The molecule has 0 heterocycles. The lowest BCUT2D eigenvalue weighted by molar-refractivity contribution is -0.140. The van der Waals surface area contributed by atoms with Gasteiger partial charge in [0.15, 0.2) is 0 Å². The highest BCUT2D eigenvalue weighted by Gasteiger charge is 2.44. The van der Waals surface area contributed by atoms with E-state index in [-0.39, 0.29) is 11.9 Å². The lowest BCUT2D eigenvalue weighted by Gasteiger charge is -2.20. The van der Waals surface area contributed by atoms with Crippen molar-refractivity contribution in [2.75, 3.05) is 0 Å². The van der Waals surface area contributed by atoms with Crippen LogP contribution in [0.2, 0.25) is 0 Å². The molecule has 0 N–H and O–H groups in total. The number of ether oxygens (including phenoxy) is 1. The zero-order chi connectivity index (χ0) is 17.5. The van der Waals surface area contributed by atoms with Crippen LogP contribution in [0.3, 0.4) is 0 Å². The number of fused-ring (bicyclic) bond motifs is 2. The third-order valence-electron chi connectivity index (χ3n) is 5.72. The molecule has 4 atom stereocenters. The quantitative estimate of drug-likeness (QED) is 0.449. The Hall–Kier alpha value is -1.31. The topological polar surface area (TPSA) is 26.3 Å². The fraction of sp³-hybridized carbons (Fsp3) is 0.682. The van der Waals surface area contributed by atoms with E-state index in [0.29, 0.717) is 11.8 Å². The van der Waals surface area contributed by atoms with Gasteiger partial charge in [-0.1, -0.05) is 52.7 Å². The predicted octanol–water partition coefficient (Wildman–Crippen LogP) is 6.35. The van der Waals surface area contributed by atoms with E-state index < -0.39 is 0 Å². The Balaban J connectivity index is 0.00000100. The highest BCUT2D eigenvalue weighted by molar-refractivity contribution is 5.76. The van der Waals surface area contributed by atoms with Gasteiger partial charge in [-0.3, -0.25) is 4.79 Å². The number of carbonyl (C=O) groups is 1. The van der Waals surface area contributed by atoms with Crippen LogP contribution in [0.4, 0.5) is 0 Å². The molecule has 2 fully saturated rings. The summed E-state index contributed by atoms with van der Waals surface area (Å²) < 4.78 is 5.73. The van der Waals surface area contributed by atoms with Crippen molar-refractivity contribution in [2.24, 2.45) is 17.8 Å². The summed E-state index contributed by atoms with van der Waals surface area (Å²) in [5.74, 6) is 2.84. The van der Waals surface area contributed by atoms with Crippen LogP contribution in [-0.2, 0) is 4.79 Å². The number of esters is 1. The second-order valence-corrected chi connectivity index (χ2v) is 7.17. The van der Waals surface area contributed by atoms with Gasteiger partial charge in [0.1, 0.15) is 5.75 Å². The molecule has 2 saturated carbocycles. The molecule has 2 heteroatoms. The number of benzene rings is 1. The minimum atomic E-state index is 0.00731. The van der Waals surface area contributed by atoms with Gasteiger partial charge in [0.05, 0.1) is 5.92 Å². The van der Waals surface area contributed by atoms with Gasteiger partial charge in [0.2, 0.25) is 0 Å². The molecule has 4 unspecified atom stereocenters. The van der Waals surface area contributed by atoms with E-state index in [0.717, 1.165) is 24.5 Å². The van der Waals surface area contributed by atoms with Crippen molar-refractivity contribution in [1.82, 2.24) is 0 Å². The molecule has 1 aromatic carbocycles. The zero-order valence-corrected chi connectivity index (χ0v) is 15.9. The van der Waals surface area contributed by atoms with E-state index >= 15 is 0 Å². The Kier molecular flexibility index (Phi) is 7.33.